The molecule has 0 unspecified atom stereocenters. The van der Waals surface area contributed by atoms with Gasteiger partial charge in [-0.05, 0) is 90.0 Å². The Balaban J connectivity index is 2.36. The summed E-state index contributed by atoms with van der Waals surface area (Å²) < 4.78 is 0. The maximum atomic E-state index is 14.6. The number of primary amides is 4. The maximum absolute atomic E-state index is 14.6. The minimum atomic E-state index is -2.27. The van der Waals surface area contributed by atoms with E-state index < -0.39 is 384 Å². The smallest absolute Gasteiger partial charge is 0.326 e. The van der Waals surface area contributed by atoms with Crippen LogP contribution in [0.2, 0.25) is 0 Å². The van der Waals surface area contributed by atoms with Crippen LogP contribution in [0.3, 0.4) is 0 Å². The third-order valence-electron chi connectivity index (χ3n) is 20.7. The van der Waals surface area contributed by atoms with Gasteiger partial charge in [-0.25, -0.2) is 4.79 Å². The summed E-state index contributed by atoms with van der Waals surface area (Å²) in [4.78, 5) is 344. The molecule has 0 aliphatic carbocycles. The van der Waals surface area contributed by atoms with E-state index in [0.717, 1.165) is 25.7 Å². The van der Waals surface area contributed by atoms with Crippen molar-refractivity contribution in [3.8, 4) is 0 Å². The van der Waals surface area contributed by atoms with Crippen LogP contribution in [-0.4, -0.2) is 347 Å². The van der Waals surface area contributed by atoms with Gasteiger partial charge >= 0.3 is 23.9 Å². The first-order valence-electron chi connectivity index (χ1n) is 43.2. The van der Waals surface area contributed by atoms with E-state index in [9.17, 15) is 160 Å². The van der Waals surface area contributed by atoms with Crippen molar-refractivity contribution in [2.75, 3.05) is 32.8 Å². The van der Waals surface area contributed by atoms with E-state index in [2.05, 4.69) is 63.8 Å². The molecule has 19 atom stereocenters. The van der Waals surface area contributed by atoms with Gasteiger partial charge in [0.2, 0.25) is 130 Å². The SMILES string of the molecule is CC(C)[C@H](NC(=O)CNC(=O)[C@H](CC(N)=O)NC(=O)[C@H](CCC(=O)O)NC(=O)[C@H](C)NC(=O)[C@@H]1CCCN1C(=O)[C@H](Cc1ccccc1)NC(=O)[C@H](C)NC(=O)[C@@H](NC(=O)[C@H](CO)NC(=O)CN)C(C)C)C(=O)N[C@@H](CCC(N)=O)C(=O)N[C@@H](CC(N)=O)C(=O)N[C@H](C(=O)N[C@@H](CCC(=O)O)C(=O)N[C@@H](CO)C(=O)N[C@H](C(=O)N[C@@H](CCC(N)=O)C(=O)N[C@@H](CCC(=O)O)C(=O)O)[C@@H](C)O)[C@@H](C)O. The number of aliphatic hydroxyl groups is 4. The molecule has 0 spiro atoms. The minimum Gasteiger partial charge on any atom is -0.481 e. The van der Waals surface area contributed by atoms with Gasteiger partial charge in [-0.1, -0.05) is 58.0 Å². The van der Waals surface area contributed by atoms with E-state index in [4.69, 9.17) is 33.8 Å². The zero-order valence-electron chi connectivity index (χ0n) is 76.7. The van der Waals surface area contributed by atoms with Gasteiger partial charge in [-0.15, -0.1) is 0 Å². The summed E-state index contributed by atoms with van der Waals surface area (Å²) in [6.45, 7) is 6.14. The zero-order valence-corrected chi connectivity index (χ0v) is 76.7. The molecule has 1 aliphatic rings. The van der Waals surface area contributed by atoms with Crippen LogP contribution in [0.1, 0.15) is 151 Å². The van der Waals surface area contributed by atoms with Crippen LogP contribution in [0.4, 0.5) is 0 Å². The summed E-state index contributed by atoms with van der Waals surface area (Å²) in [6.07, 6.45) is -13.6. The van der Waals surface area contributed by atoms with Gasteiger partial charge in [-0.2, -0.15) is 0 Å². The Morgan fingerprint density at radius 3 is 1.08 bits per heavy atom. The number of rotatable bonds is 63. The van der Waals surface area contributed by atoms with Gasteiger partial charge in [0.25, 0.3) is 0 Å². The summed E-state index contributed by atoms with van der Waals surface area (Å²) in [7, 11) is 0. The standard InChI is InChI=1S/C81H125N23O34/c1-34(2)61(77(133)92-42(17-22-53(84)110)69(125)97-47(29-55(86)112)72(128)102-63(38(7)107)78(134)94-44(19-24-59(117)118)71(127)99-50(33-106)74(130)103-64(39(8)108)79(135)93-41(16-21-52(83)109)68(124)95-45(81(137)138)20-25-60(119)120)100-57(114)31-87-67(123)46(28-54(85)111)96-70(126)43(18-23-58(115)116)91-65(121)36(5)88-75(131)51-15-12-26-104(51)80(136)48(27-40-13-10-9-11-14-40)98-66(122)37(6)89-76(132)62(35(3)4)101-73(129)49(32-105)90-56(113)30-82/h9-11,13-14,34-39,41-51,61-64,105-108H,12,15-33,82H2,1-8H3,(H2,83,109)(H2,84,110)(H2,85,111)(H2,86,112)(H,87,123)(H,88,131)(H,89,132)(H,90,113)(H,91,121)(H,92,133)(H,93,135)(H,94,134)(H,95,124)(H,96,126)(H,97,125)(H,98,122)(H,99,127)(H,100,114)(H,101,129)(H,102,128)(H,103,130)(H,115,116)(H,117,118)(H,119,120)(H,137,138)/t36-,37-,38+,39+,41-,42-,43-,44-,45-,46-,47-,48-,49-,50-,51-,61-,62-,63-,64-/m0/s1. The Hall–Kier alpha value is -14.8. The highest BCUT2D eigenvalue weighted by Gasteiger charge is 2.43. The number of benzene rings is 1. The average molecular weight is 1970 g/mol. The van der Waals surface area contributed by atoms with Crippen molar-refractivity contribution in [3.05, 3.63) is 35.9 Å². The molecule has 1 aromatic carbocycles. The number of nitrogens with zero attached hydrogens (tertiary/aromatic N) is 1. The molecule has 0 aromatic heterocycles. The molecule has 22 amide bonds. The van der Waals surface area contributed by atoms with E-state index in [-0.39, 0.29) is 25.8 Å². The van der Waals surface area contributed by atoms with Crippen LogP contribution in [0.15, 0.2) is 30.3 Å². The predicted octanol–water partition coefficient (Wildman–Crippen LogP) is -14.9. The highest BCUT2D eigenvalue weighted by atomic mass is 16.4. The maximum Gasteiger partial charge on any atom is 0.326 e. The number of hydrogen-bond acceptors (Lipinski definition) is 31. The van der Waals surface area contributed by atoms with E-state index in [1.807, 2.05) is 26.6 Å². The monoisotopic (exact) mass is 1960 g/mol. The molecular weight excluding hydrogens is 1840 g/mol. The number of nitrogens with one attached hydrogen (secondary N) is 17. The van der Waals surface area contributed by atoms with Crippen LogP contribution < -0.4 is 119 Å². The number of aliphatic carboxylic acids is 4. The van der Waals surface area contributed by atoms with Gasteiger partial charge in [0.05, 0.1) is 51.4 Å². The number of carbonyl (C=O) groups excluding carboxylic acids is 22. The molecule has 1 heterocycles. The summed E-state index contributed by atoms with van der Waals surface area (Å²) in [5.74, 6) is -34.3. The molecule has 1 aliphatic heterocycles. The highest BCUT2D eigenvalue weighted by Crippen LogP contribution is 2.22. The number of carboxylic acids is 4. The van der Waals surface area contributed by atoms with E-state index in [1.165, 1.54) is 20.8 Å². The van der Waals surface area contributed by atoms with Gasteiger partial charge in [-0.3, -0.25) is 120 Å². The Morgan fingerprint density at radius 1 is 0.355 bits per heavy atom. The Kier molecular flexibility index (Phi) is 51.2. The molecule has 57 nitrogen and oxygen atoms in total. The number of likely N-dealkylation sites (tertiary alicyclic amines) is 1. The van der Waals surface area contributed by atoms with Crippen LogP contribution in [0.25, 0.3) is 0 Å². The fourth-order valence-corrected chi connectivity index (χ4v) is 13.1. The Morgan fingerprint density at radius 2 is 0.688 bits per heavy atom. The number of carboxylic acid groups (broad SMARTS) is 4. The van der Waals surface area contributed by atoms with Gasteiger partial charge in [0.15, 0.2) is 0 Å². The normalized spacial score (nSPS) is 16.1. The van der Waals surface area contributed by atoms with Gasteiger partial charge in [0, 0.05) is 45.1 Å². The van der Waals surface area contributed by atoms with Gasteiger partial charge < -0.3 is 165 Å². The number of aliphatic hydroxyl groups excluding tert-OH is 4. The van der Waals surface area contributed by atoms with E-state index in [0.29, 0.717) is 5.56 Å². The average Bonchev–Trinajstić information content (AvgIpc) is 1.62. The lowest BCUT2D eigenvalue weighted by Gasteiger charge is -2.30. The summed E-state index contributed by atoms with van der Waals surface area (Å²) >= 11 is 0. The third kappa shape index (κ3) is 42.4. The number of amides is 22. The van der Waals surface area contributed by atoms with Gasteiger partial charge in [0.1, 0.15) is 103 Å². The third-order valence-corrected chi connectivity index (χ3v) is 20.7. The van der Waals surface area contributed by atoms with Crippen LogP contribution >= 0.6 is 0 Å². The number of hydrogen-bond donors (Lipinski definition) is 30. The summed E-state index contributed by atoms with van der Waals surface area (Å²) in [6, 6.07) is -22.5. The highest BCUT2D eigenvalue weighted by molar-refractivity contribution is 6.03. The second-order valence-corrected chi connectivity index (χ2v) is 32.8. The van der Waals surface area contributed by atoms with Crippen molar-refractivity contribution in [2.24, 2.45) is 40.5 Å². The molecule has 0 bridgehead atoms. The molecule has 57 heteroatoms. The molecule has 138 heavy (non-hydrogen) atoms. The Bertz CT molecular complexity index is 4560. The summed E-state index contributed by atoms with van der Waals surface area (Å²) in [5.41, 5.74) is 27.3. The molecule has 768 valence electrons. The lowest BCUT2D eigenvalue weighted by atomic mass is 10.0. The zero-order chi connectivity index (χ0) is 105. The molecule has 1 aromatic rings. The molecule has 0 saturated carbocycles. The predicted molar refractivity (Wildman–Crippen MR) is 469 cm³/mol. The van der Waals surface area contributed by atoms with E-state index >= 15 is 0 Å². The first-order valence-corrected chi connectivity index (χ1v) is 43.2. The van der Waals surface area contributed by atoms with E-state index in [1.54, 1.807) is 44.2 Å². The van der Waals surface area contributed by atoms with Crippen molar-refractivity contribution in [3.63, 3.8) is 0 Å². The molecule has 35 N–H and O–H groups in total. The Labute approximate surface area is 787 Å². The van der Waals surface area contributed by atoms with Crippen LogP contribution in [-0.2, 0) is 131 Å². The van der Waals surface area contributed by atoms with Crippen molar-refractivity contribution in [1.82, 2.24) is 95.3 Å². The topological polar surface area (TPSA) is 944 Å². The molecule has 1 saturated heterocycles. The molecule has 0 radical (unpaired) electrons. The number of nitrogens with two attached hydrogens (primary N) is 5. The van der Waals surface area contributed by atoms with Crippen LogP contribution in [0.5, 0.6) is 0 Å². The second kappa shape index (κ2) is 59.2. The molecular formula is C81H125N23O34. The first kappa shape index (κ1) is 119. The first-order chi connectivity index (χ1) is 64.5. The van der Waals surface area contributed by atoms with Crippen molar-refractivity contribution >= 4 is 154 Å². The lowest BCUT2D eigenvalue weighted by molar-refractivity contribution is -0.144. The fraction of sp³-hybridized carbons (Fsp3) is 0.605. The van der Waals surface area contributed by atoms with Crippen LogP contribution in [0, 0.1) is 11.8 Å². The number of carbonyl (C=O) groups is 26. The second-order valence-electron chi connectivity index (χ2n) is 32.8. The molecule has 1 fully saturated rings. The summed E-state index contributed by atoms with van der Waals surface area (Å²) in [5, 5.41) is 117. The molecule has 2 rings (SSSR count). The van der Waals surface area contributed by atoms with Crippen molar-refractivity contribution in [1.29, 1.82) is 0 Å². The quantitative estimate of drug-likeness (QED) is 0.0288. The van der Waals surface area contributed by atoms with Crippen molar-refractivity contribution < 1.29 is 166 Å². The minimum absolute atomic E-state index is 0.00949. The fourth-order valence-electron chi connectivity index (χ4n) is 13.1. The lowest BCUT2D eigenvalue weighted by Crippen LogP contribution is -2.63. The largest absolute Gasteiger partial charge is 0.481 e. The van der Waals surface area contributed by atoms with Crippen molar-refractivity contribution in [2.45, 2.75) is 267 Å².